The fraction of sp³-hybridized carbons (Fsp3) is 0.111. The zero-order valence-corrected chi connectivity index (χ0v) is 12.1. The standard InChI is InChI=1S/C18H15NO3/c1-2-22-18(21)14-8-4-3-7-13(14)15-11-10-12-6-5-9-16(20)17(12)19-15/h3-11,20H,2H2,1H3. The molecule has 0 aliphatic carbocycles. The van der Waals surface area contributed by atoms with E-state index in [9.17, 15) is 9.90 Å². The number of nitrogens with zero attached hydrogens (tertiary/aromatic N) is 1. The van der Waals surface area contributed by atoms with Crippen LogP contribution in [0.4, 0.5) is 0 Å². The second-order valence-electron chi connectivity index (χ2n) is 4.81. The number of carbonyl (C=O) groups excluding carboxylic acids is 1. The molecule has 3 aromatic rings. The van der Waals surface area contributed by atoms with Crippen molar-refractivity contribution in [3.8, 4) is 17.0 Å². The summed E-state index contributed by atoms with van der Waals surface area (Å²) >= 11 is 0. The highest BCUT2D eigenvalue weighted by atomic mass is 16.5. The number of rotatable bonds is 3. The van der Waals surface area contributed by atoms with Gasteiger partial charge in [-0.15, -0.1) is 0 Å². The van der Waals surface area contributed by atoms with E-state index in [1.807, 2.05) is 30.3 Å². The van der Waals surface area contributed by atoms with Gasteiger partial charge in [0.25, 0.3) is 0 Å². The van der Waals surface area contributed by atoms with Crippen molar-refractivity contribution in [3.05, 3.63) is 60.2 Å². The molecule has 0 aliphatic heterocycles. The van der Waals surface area contributed by atoms with Crippen LogP contribution in [-0.2, 0) is 4.74 Å². The van der Waals surface area contributed by atoms with Crippen LogP contribution < -0.4 is 0 Å². The van der Waals surface area contributed by atoms with Crippen LogP contribution in [0.1, 0.15) is 17.3 Å². The smallest absolute Gasteiger partial charge is 0.338 e. The van der Waals surface area contributed by atoms with Crippen LogP contribution in [0.25, 0.3) is 22.2 Å². The summed E-state index contributed by atoms with van der Waals surface area (Å²) in [5, 5.41) is 10.8. The minimum absolute atomic E-state index is 0.118. The molecular formula is C18H15NO3. The zero-order chi connectivity index (χ0) is 15.5. The van der Waals surface area contributed by atoms with E-state index in [0.717, 1.165) is 5.39 Å². The largest absolute Gasteiger partial charge is 0.506 e. The Balaban J connectivity index is 2.16. The van der Waals surface area contributed by atoms with Gasteiger partial charge in [-0.25, -0.2) is 9.78 Å². The first-order chi connectivity index (χ1) is 10.7. The van der Waals surface area contributed by atoms with Crippen molar-refractivity contribution in [2.45, 2.75) is 6.92 Å². The molecule has 0 fully saturated rings. The normalized spacial score (nSPS) is 10.6. The summed E-state index contributed by atoms with van der Waals surface area (Å²) in [5.74, 6) is -0.259. The molecule has 4 nitrogen and oxygen atoms in total. The Bertz CT molecular complexity index is 843. The number of fused-ring (bicyclic) bond motifs is 1. The monoisotopic (exact) mass is 293 g/mol. The number of benzene rings is 2. The molecule has 0 spiro atoms. The number of phenolic OH excluding ortho intramolecular Hbond substituents is 1. The third-order valence-corrected chi connectivity index (χ3v) is 3.40. The Labute approximate surface area is 128 Å². The maximum atomic E-state index is 12.1. The molecule has 1 N–H and O–H groups in total. The molecule has 110 valence electrons. The van der Waals surface area contributed by atoms with Gasteiger partial charge in [-0.1, -0.05) is 36.4 Å². The molecule has 0 saturated heterocycles. The van der Waals surface area contributed by atoms with Gasteiger partial charge in [0.15, 0.2) is 0 Å². The van der Waals surface area contributed by atoms with E-state index in [1.165, 1.54) is 0 Å². The molecule has 0 atom stereocenters. The highest BCUT2D eigenvalue weighted by Gasteiger charge is 2.14. The predicted molar refractivity (Wildman–Crippen MR) is 84.8 cm³/mol. The molecule has 1 aromatic heterocycles. The number of ether oxygens (including phenoxy) is 1. The van der Waals surface area contributed by atoms with Crippen LogP contribution in [0.3, 0.4) is 0 Å². The lowest BCUT2D eigenvalue weighted by molar-refractivity contribution is 0.0527. The van der Waals surface area contributed by atoms with Crippen molar-refractivity contribution in [2.24, 2.45) is 0 Å². The van der Waals surface area contributed by atoms with Gasteiger partial charge in [0.2, 0.25) is 0 Å². The van der Waals surface area contributed by atoms with Crippen LogP contribution in [0.2, 0.25) is 0 Å². The molecule has 0 bridgehead atoms. The van der Waals surface area contributed by atoms with Gasteiger partial charge < -0.3 is 9.84 Å². The van der Waals surface area contributed by atoms with E-state index in [-0.39, 0.29) is 11.7 Å². The molecule has 0 aliphatic rings. The Kier molecular flexibility index (Phi) is 3.74. The topological polar surface area (TPSA) is 59.4 Å². The lowest BCUT2D eigenvalue weighted by Crippen LogP contribution is -2.06. The van der Waals surface area contributed by atoms with E-state index in [2.05, 4.69) is 4.98 Å². The van der Waals surface area contributed by atoms with Crippen LogP contribution in [0, 0.1) is 0 Å². The van der Waals surface area contributed by atoms with Crippen molar-refractivity contribution < 1.29 is 14.6 Å². The molecule has 0 saturated carbocycles. The molecular weight excluding hydrogens is 278 g/mol. The molecule has 0 radical (unpaired) electrons. The Morgan fingerprint density at radius 1 is 1.09 bits per heavy atom. The second kappa shape index (κ2) is 5.85. The molecule has 2 aromatic carbocycles. The molecule has 22 heavy (non-hydrogen) atoms. The molecule has 3 rings (SSSR count). The number of aromatic nitrogens is 1. The van der Waals surface area contributed by atoms with Gasteiger partial charge in [-0.05, 0) is 25.1 Å². The summed E-state index contributed by atoms with van der Waals surface area (Å²) in [6.45, 7) is 2.09. The summed E-state index contributed by atoms with van der Waals surface area (Å²) in [5.41, 5.74) is 2.29. The van der Waals surface area contributed by atoms with Crippen molar-refractivity contribution in [3.63, 3.8) is 0 Å². The molecule has 1 heterocycles. The van der Waals surface area contributed by atoms with Crippen LogP contribution in [0.15, 0.2) is 54.6 Å². The summed E-state index contributed by atoms with van der Waals surface area (Å²) < 4.78 is 5.09. The zero-order valence-electron chi connectivity index (χ0n) is 12.1. The first kappa shape index (κ1) is 14.1. The van der Waals surface area contributed by atoms with Gasteiger partial charge >= 0.3 is 5.97 Å². The number of esters is 1. The summed E-state index contributed by atoms with van der Waals surface area (Å²) in [6.07, 6.45) is 0. The van der Waals surface area contributed by atoms with Gasteiger partial charge in [0, 0.05) is 10.9 Å². The van der Waals surface area contributed by atoms with Crippen molar-refractivity contribution >= 4 is 16.9 Å². The van der Waals surface area contributed by atoms with E-state index >= 15 is 0 Å². The number of aromatic hydroxyl groups is 1. The van der Waals surface area contributed by atoms with E-state index in [1.54, 1.807) is 31.2 Å². The minimum Gasteiger partial charge on any atom is -0.506 e. The SMILES string of the molecule is CCOC(=O)c1ccccc1-c1ccc2cccc(O)c2n1. The number of phenols is 1. The average molecular weight is 293 g/mol. The quantitative estimate of drug-likeness (QED) is 0.746. The third-order valence-electron chi connectivity index (χ3n) is 3.40. The summed E-state index contributed by atoms with van der Waals surface area (Å²) in [4.78, 5) is 16.6. The highest BCUT2D eigenvalue weighted by Crippen LogP contribution is 2.28. The summed E-state index contributed by atoms with van der Waals surface area (Å²) in [7, 11) is 0. The van der Waals surface area contributed by atoms with Gasteiger partial charge in [-0.3, -0.25) is 0 Å². The minimum atomic E-state index is -0.378. The number of hydrogen-bond donors (Lipinski definition) is 1. The molecule has 4 heteroatoms. The highest BCUT2D eigenvalue weighted by molar-refractivity contribution is 5.97. The predicted octanol–water partition coefficient (Wildman–Crippen LogP) is 3.78. The maximum absolute atomic E-state index is 12.1. The van der Waals surface area contributed by atoms with Crippen LogP contribution >= 0.6 is 0 Å². The fourth-order valence-electron chi connectivity index (χ4n) is 2.37. The number of pyridine rings is 1. The molecule has 0 amide bonds. The first-order valence-corrected chi connectivity index (χ1v) is 7.06. The Morgan fingerprint density at radius 3 is 2.73 bits per heavy atom. The van der Waals surface area contributed by atoms with Crippen molar-refractivity contribution in [2.75, 3.05) is 6.61 Å². The Hall–Kier alpha value is -2.88. The van der Waals surface area contributed by atoms with E-state index < -0.39 is 0 Å². The van der Waals surface area contributed by atoms with Gasteiger partial charge in [-0.2, -0.15) is 0 Å². The number of carbonyl (C=O) groups is 1. The lowest BCUT2D eigenvalue weighted by atomic mass is 10.0. The number of para-hydroxylation sites is 1. The van der Waals surface area contributed by atoms with E-state index in [4.69, 9.17) is 4.74 Å². The summed E-state index contributed by atoms with van der Waals surface area (Å²) in [6, 6.07) is 16.1. The average Bonchev–Trinajstić information content (AvgIpc) is 2.55. The number of hydrogen-bond acceptors (Lipinski definition) is 4. The van der Waals surface area contributed by atoms with Gasteiger partial charge in [0.05, 0.1) is 17.9 Å². The van der Waals surface area contributed by atoms with Crippen molar-refractivity contribution in [1.29, 1.82) is 0 Å². The van der Waals surface area contributed by atoms with E-state index in [0.29, 0.717) is 28.9 Å². The lowest BCUT2D eigenvalue weighted by Gasteiger charge is -2.09. The maximum Gasteiger partial charge on any atom is 0.338 e. The second-order valence-corrected chi connectivity index (χ2v) is 4.81. The van der Waals surface area contributed by atoms with Crippen LogP contribution in [0.5, 0.6) is 5.75 Å². The fourth-order valence-corrected chi connectivity index (χ4v) is 2.37. The van der Waals surface area contributed by atoms with Crippen molar-refractivity contribution in [1.82, 2.24) is 4.98 Å². The van der Waals surface area contributed by atoms with Crippen LogP contribution in [-0.4, -0.2) is 22.7 Å². The van der Waals surface area contributed by atoms with Gasteiger partial charge in [0.1, 0.15) is 11.3 Å². The Morgan fingerprint density at radius 2 is 1.91 bits per heavy atom. The molecule has 0 unspecified atom stereocenters. The third kappa shape index (κ3) is 2.51. The first-order valence-electron chi connectivity index (χ1n) is 7.06.